The second-order valence-electron chi connectivity index (χ2n) is 4.04. The molecule has 0 radical (unpaired) electrons. The van der Waals surface area contributed by atoms with Crippen molar-refractivity contribution in [2.75, 3.05) is 7.11 Å². The van der Waals surface area contributed by atoms with E-state index in [-0.39, 0.29) is 5.91 Å². The molecule has 90 valence electrons. The molecule has 5 heteroatoms. The van der Waals surface area contributed by atoms with Gasteiger partial charge in [-0.1, -0.05) is 12.1 Å². The van der Waals surface area contributed by atoms with Gasteiger partial charge in [-0.25, -0.2) is 5.43 Å². The highest BCUT2D eigenvalue weighted by Crippen LogP contribution is 2.19. The van der Waals surface area contributed by atoms with Crippen molar-refractivity contribution in [2.45, 2.75) is 19.4 Å². The van der Waals surface area contributed by atoms with Gasteiger partial charge in [0.05, 0.1) is 12.8 Å². The van der Waals surface area contributed by atoms with Gasteiger partial charge in [0.1, 0.15) is 11.8 Å². The molecule has 1 atom stereocenters. The van der Waals surface area contributed by atoms with Gasteiger partial charge >= 0.3 is 0 Å². The van der Waals surface area contributed by atoms with Crippen molar-refractivity contribution in [3.05, 3.63) is 29.3 Å². The zero-order valence-corrected chi connectivity index (χ0v) is 9.86. The van der Waals surface area contributed by atoms with E-state index in [1.807, 2.05) is 25.1 Å². The number of rotatable bonds is 3. The highest BCUT2D eigenvalue weighted by atomic mass is 16.5. The van der Waals surface area contributed by atoms with Crippen LogP contribution in [0.3, 0.4) is 0 Å². The maximum Gasteiger partial charge on any atom is 0.262 e. The minimum absolute atomic E-state index is 0.245. The summed E-state index contributed by atoms with van der Waals surface area (Å²) in [7, 11) is 1.64. The van der Waals surface area contributed by atoms with Crippen LogP contribution in [0.1, 0.15) is 11.1 Å². The summed E-state index contributed by atoms with van der Waals surface area (Å²) < 4.78 is 5.19. The van der Waals surface area contributed by atoms with E-state index < -0.39 is 6.04 Å². The molecule has 0 saturated heterocycles. The van der Waals surface area contributed by atoms with E-state index in [2.05, 4.69) is 10.5 Å². The molecule has 0 aromatic heterocycles. The lowest BCUT2D eigenvalue weighted by molar-refractivity contribution is -0.120. The van der Waals surface area contributed by atoms with Gasteiger partial charge in [0, 0.05) is 6.42 Å². The van der Waals surface area contributed by atoms with Crippen molar-refractivity contribution >= 4 is 11.6 Å². The molecule has 1 amide bonds. The van der Waals surface area contributed by atoms with E-state index in [1.165, 1.54) is 0 Å². The molecule has 3 N–H and O–H groups in total. The average molecular weight is 233 g/mol. The summed E-state index contributed by atoms with van der Waals surface area (Å²) in [4.78, 5) is 11.2. The summed E-state index contributed by atoms with van der Waals surface area (Å²) in [6, 6.07) is 5.24. The van der Waals surface area contributed by atoms with E-state index in [4.69, 9.17) is 10.5 Å². The molecular formula is C12H15N3O2. The first-order chi connectivity index (χ1) is 8.11. The number of methoxy groups -OCH3 is 1. The first kappa shape index (κ1) is 11.6. The van der Waals surface area contributed by atoms with Gasteiger partial charge < -0.3 is 10.5 Å². The topological polar surface area (TPSA) is 76.7 Å². The molecule has 0 fully saturated rings. The number of nitrogens with one attached hydrogen (secondary N) is 1. The van der Waals surface area contributed by atoms with Gasteiger partial charge in [0.15, 0.2) is 0 Å². The summed E-state index contributed by atoms with van der Waals surface area (Å²) in [5.74, 6) is 0.603. The maximum absolute atomic E-state index is 11.2. The Labute approximate surface area is 99.6 Å². The second-order valence-corrected chi connectivity index (χ2v) is 4.04. The number of carbonyl (C=O) groups excluding carboxylic acids is 1. The zero-order chi connectivity index (χ0) is 12.4. The number of benzene rings is 1. The molecule has 1 aromatic rings. The summed E-state index contributed by atoms with van der Waals surface area (Å²) in [6.07, 6.45) is 0.574. The number of ether oxygens (including phenoxy) is 1. The molecule has 1 aromatic carbocycles. The predicted molar refractivity (Wildman–Crippen MR) is 65.0 cm³/mol. The third-order valence-corrected chi connectivity index (χ3v) is 2.80. The highest BCUT2D eigenvalue weighted by Gasteiger charge is 2.25. The quantitative estimate of drug-likeness (QED) is 0.791. The Morgan fingerprint density at radius 2 is 2.29 bits per heavy atom. The standard InChI is InChI=1S/C12H15N3O2/c1-7-5-8(3-4-10(7)17-2)6-9-11(13)12(16)15-14-9/h3-5,11H,6,13H2,1-2H3,(H,15,16). The Bertz CT molecular complexity index is 483. The number of nitrogens with two attached hydrogens (primary N) is 1. The predicted octanol–water partition coefficient (Wildman–Crippen LogP) is 0.359. The van der Waals surface area contributed by atoms with Crippen LogP contribution in [0.15, 0.2) is 23.3 Å². The summed E-state index contributed by atoms with van der Waals surface area (Å²) in [6.45, 7) is 1.97. The van der Waals surface area contributed by atoms with Crippen LogP contribution in [-0.2, 0) is 11.2 Å². The van der Waals surface area contributed by atoms with Gasteiger partial charge in [0.2, 0.25) is 0 Å². The molecule has 0 saturated carbocycles. The van der Waals surface area contributed by atoms with Crippen molar-refractivity contribution in [3.63, 3.8) is 0 Å². The summed E-state index contributed by atoms with van der Waals surface area (Å²) in [5, 5.41) is 3.93. The third-order valence-electron chi connectivity index (χ3n) is 2.80. The number of carbonyl (C=O) groups is 1. The molecule has 17 heavy (non-hydrogen) atoms. The molecule has 5 nitrogen and oxygen atoms in total. The number of amides is 1. The number of nitrogens with zero attached hydrogens (tertiary/aromatic N) is 1. The van der Waals surface area contributed by atoms with Crippen LogP contribution in [0, 0.1) is 6.92 Å². The SMILES string of the molecule is COc1ccc(CC2=NNC(=O)C2N)cc1C. The van der Waals surface area contributed by atoms with Gasteiger partial charge in [-0.15, -0.1) is 0 Å². The molecule has 1 aliphatic heterocycles. The monoisotopic (exact) mass is 233 g/mol. The van der Waals surface area contributed by atoms with Crippen LogP contribution in [-0.4, -0.2) is 24.8 Å². The maximum atomic E-state index is 11.2. The lowest BCUT2D eigenvalue weighted by Crippen LogP contribution is -2.38. The average Bonchev–Trinajstić information content (AvgIpc) is 2.61. The number of hydrazone groups is 1. The lowest BCUT2D eigenvalue weighted by atomic mass is 10.0. The van der Waals surface area contributed by atoms with Gasteiger partial charge in [0.25, 0.3) is 5.91 Å². The van der Waals surface area contributed by atoms with Crippen LogP contribution >= 0.6 is 0 Å². The first-order valence-electron chi connectivity index (χ1n) is 5.37. The lowest BCUT2D eigenvalue weighted by Gasteiger charge is -2.08. The molecule has 1 aliphatic rings. The van der Waals surface area contributed by atoms with Crippen LogP contribution in [0.2, 0.25) is 0 Å². The molecule has 1 unspecified atom stereocenters. The van der Waals surface area contributed by atoms with Crippen LogP contribution in [0.4, 0.5) is 0 Å². The molecule has 2 rings (SSSR count). The largest absolute Gasteiger partial charge is 0.496 e. The smallest absolute Gasteiger partial charge is 0.262 e. The van der Waals surface area contributed by atoms with E-state index in [0.29, 0.717) is 12.1 Å². The second kappa shape index (κ2) is 4.55. The summed E-state index contributed by atoms with van der Waals surface area (Å²) >= 11 is 0. The van der Waals surface area contributed by atoms with Crippen molar-refractivity contribution in [2.24, 2.45) is 10.8 Å². The Morgan fingerprint density at radius 1 is 1.53 bits per heavy atom. The molecular weight excluding hydrogens is 218 g/mol. The molecule has 1 heterocycles. The fourth-order valence-corrected chi connectivity index (χ4v) is 1.83. The van der Waals surface area contributed by atoms with Crippen molar-refractivity contribution < 1.29 is 9.53 Å². The van der Waals surface area contributed by atoms with Gasteiger partial charge in [-0.05, 0) is 24.1 Å². The fourth-order valence-electron chi connectivity index (χ4n) is 1.83. The third kappa shape index (κ3) is 2.29. The Morgan fingerprint density at radius 3 is 2.82 bits per heavy atom. The van der Waals surface area contributed by atoms with E-state index in [9.17, 15) is 4.79 Å². The van der Waals surface area contributed by atoms with Crippen molar-refractivity contribution in [3.8, 4) is 5.75 Å². The van der Waals surface area contributed by atoms with Gasteiger partial charge in [-0.2, -0.15) is 5.10 Å². The number of hydrogen-bond acceptors (Lipinski definition) is 4. The number of hydrogen-bond donors (Lipinski definition) is 2. The minimum atomic E-state index is -0.627. The Hall–Kier alpha value is -1.88. The van der Waals surface area contributed by atoms with Crippen LogP contribution in [0.25, 0.3) is 0 Å². The van der Waals surface area contributed by atoms with E-state index in [0.717, 1.165) is 16.9 Å². The fraction of sp³-hybridized carbons (Fsp3) is 0.333. The number of aryl methyl sites for hydroxylation is 1. The summed E-state index contributed by atoms with van der Waals surface area (Å²) in [5.41, 5.74) is 10.9. The van der Waals surface area contributed by atoms with E-state index >= 15 is 0 Å². The van der Waals surface area contributed by atoms with Crippen LogP contribution < -0.4 is 15.9 Å². The first-order valence-corrected chi connectivity index (χ1v) is 5.37. The molecule has 0 spiro atoms. The molecule has 0 bridgehead atoms. The minimum Gasteiger partial charge on any atom is -0.496 e. The Balaban J connectivity index is 2.15. The van der Waals surface area contributed by atoms with Crippen molar-refractivity contribution in [1.29, 1.82) is 0 Å². The van der Waals surface area contributed by atoms with Gasteiger partial charge in [-0.3, -0.25) is 4.79 Å². The normalized spacial score (nSPS) is 18.9. The Kier molecular flexibility index (Phi) is 3.10. The zero-order valence-electron chi connectivity index (χ0n) is 9.86. The van der Waals surface area contributed by atoms with E-state index in [1.54, 1.807) is 7.11 Å². The van der Waals surface area contributed by atoms with Crippen LogP contribution in [0.5, 0.6) is 5.75 Å². The van der Waals surface area contributed by atoms with Crippen molar-refractivity contribution in [1.82, 2.24) is 5.43 Å². The highest BCUT2D eigenvalue weighted by molar-refractivity contribution is 6.12. The molecule has 0 aliphatic carbocycles.